The second-order valence-electron chi connectivity index (χ2n) is 6.24. The molecule has 1 unspecified atom stereocenters. The van der Waals surface area contributed by atoms with Crippen molar-refractivity contribution < 1.29 is 0 Å². The van der Waals surface area contributed by atoms with Crippen LogP contribution in [0, 0.1) is 0 Å². The molecule has 4 heteroatoms. The first-order valence-electron chi connectivity index (χ1n) is 7.08. The fourth-order valence-corrected chi connectivity index (χ4v) is 2.52. The minimum Gasteiger partial charge on any atom is -0.271 e. The number of nitrogens with one attached hydrogen (secondary N) is 1. The van der Waals surface area contributed by atoms with Crippen LogP contribution in [-0.2, 0) is 11.8 Å². The minimum absolute atomic E-state index is 0.0980. The van der Waals surface area contributed by atoms with E-state index in [0.717, 1.165) is 12.1 Å². The molecule has 0 amide bonds. The average Bonchev–Trinajstić information content (AvgIpc) is 2.45. The largest absolute Gasteiger partial charge is 0.271 e. The zero-order valence-corrected chi connectivity index (χ0v) is 13.5. The Kier molecular flexibility index (Phi) is 4.99. The smallest absolute Gasteiger partial charge is 0.0775 e. The van der Waals surface area contributed by atoms with E-state index in [4.69, 9.17) is 17.4 Å². The van der Waals surface area contributed by atoms with E-state index in [1.807, 2.05) is 12.1 Å². The van der Waals surface area contributed by atoms with Crippen LogP contribution in [0.4, 0.5) is 0 Å². The molecule has 0 radical (unpaired) electrons. The molecule has 0 bridgehead atoms. The van der Waals surface area contributed by atoms with E-state index >= 15 is 0 Å². The molecule has 1 heterocycles. The van der Waals surface area contributed by atoms with Crippen LogP contribution in [0.2, 0.25) is 5.02 Å². The molecule has 0 saturated carbocycles. The zero-order chi connectivity index (χ0) is 15.5. The Hall–Kier alpha value is -1.42. The molecule has 1 aromatic carbocycles. The van der Waals surface area contributed by atoms with Crippen molar-refractivity contribution in [3.05, 3.63) is 64.4 Å². The van der Waals surface area contributed by atoms with Crippen molar-refractivity contribution in [1.82, 2.24) is 10.4 Å². The van der Waals surface area contributed by atoms with Crippen LogP contribution in [0.5, 0.6) is 0 Å². The summed E-state index contributed by atoms with van der Waals surface area (Å²) in [6, 6.07) is 12.2. The summed E-state index contributed by atoms with van der Waals surface area (Å²) in [5.74, 6) is 5.67. The quantitative estimate of drug-likeness (QED) is 0.667. The van der Waals surface area contributed by atoms with Crippen LogP contribution in [0.25, 0.3) is 0 Å². The molecule has 2 rings (SSSR count). The number of nitrogens with two attached hydrogens (primary N) is 1. The maximum Gasteiger partial charge on any atom is 0.0775 e. The van der Waals surface area contributed by atoms with Crippen molar-refractivity contribution >= 4 is 11.6 Å². The molecule has 0 aliphatic heterocycles. The zero-order valence-electron chi connectivity index (χ0n) is 12.7. The summed E-state index contributed by atoms with van der Waals surface area (Å²) in [4.78, 5) is 4.33. The van der Waals surface area contributed by atoms with Gasteiger partial charge in [-0.2, -0.15) is 0 Å². The van der Waals surface area contributed by atoms with Crippen molar-refractivity contribution in [2.45, 2.75) is 38.6 Å². The summed E-state index contributed by atoms with van der Waals surface area (Å²) in [6.07, 6.45) is 2.48. The lowest BCUT2D eigenvalue weighted by molar-refractivity contribution is 0.538. The predicted octanol–water partition coefficient (Wildman–Crippen LogP) is 3.78. The highest BCUT2D eigenvalue weighted by atomic mass is 35.5. The monoisotopic (exact) mass is 303 g/mol. The van der Waals surface area contributed by atoms with E-state index < -0.39 is 0 Å². The van der Waals surface area contributed by atoms with Gasteiger partial charge in [0.05, 0.1) is 16.8 Å². The van der Waals surface area contributed by atoms with Gasteiger partial charge in [-0.3, -0.25) is 16.3 Å². The Balaban J connectivity index is 2.18. The molecule has 0 aliphatic carbocycles. The van der Waals surface area contributed by atoms with E-state index in [-0.39, 0.29) is 11.5 Å². The lowest BCUT2D eigenvalue weighted by atomic mass is 9.86. The highest BCUT2D eigenvalue weighted by Crippen LogP contribution is 2.25. The molecule has 3 N–H and O–H groups in total. The van der Waals surface area contributed by atoms with Gasteiger partial charge in [-0.15, -0.1) is 0 Å². The molecule has 0 aliphatic rings. The standard InChI is InChI=1S/C17H22ClN3/c1-17(2,3)13-8-6-12(7-9-13)11-15(21-19)16-14(18)5-4-10-20-16/h4-10,15,21H,11,19H2,1-3H3. The van der Waals surface area contributed by atoms with Gasteiger partial charge in [-0.25, -0.2) is 0 Å². The molecular formula is C17H22ClN3. The number of hydrazine groups is 1. The van der Waals surface area contributed by atoms with Crippen molar-refractivity contribution in [2.75, 3.05) is 0 Å². The lowest BCUT2D eigenvalue weighted by Crippen LogP contribution is -2.30. The molecule has 0 fully saturated rings. The summed E-state index contributed by atoms with van der Waals surface area (Å²) < 4.78 is 0. The maximum atomic E-state index is 6.19. The highest BCUT2D eigenvalue weighted by molar-refractivity contribution is 6.31. The van der Waals surface area contributed by atoms with Crippen LogP contribution in [0.1, 0.15) is 43.6 Å². The molecular weight excluding hydrogens is 282 g/mol. The van der Waals surface area contributed by atoms with Crippen molar-refractivity contribution in [3.8, 4) is 0 Å². The SMILES string of the molecule is CC(C)(C)c1ccc(CC(NN)c2ncccc2Cl)cc1. The van der Waals surface area contributed by atoms with Gasteiger partial charge in [0.15, 0.2) is 0 Å². The third-order valence-electron chi connectivity index (χ3n) is 3.58. The van der Waals surface area contributed by atoms with E-state index in [9.17, 15) is 0 Å². The molecule has 0 spiro atoms. The van der Waals surface area contributed by atoms with Gasteiger partial charge >= 0.3 is 0 Å². The van der Waals surface area contributed by atoms with Crippen molar-refractivity contribution in [2.24, 2.45) is 5.84 Å². The second kappa shape index (κ2) is 6.56. The molecule has 1 aromatic heterocycles. The van der Waals surface area contributed by atoms with Crippen LogP contribution >= 0.6 is 11.6 Å². The normalized spacial score (nSPS) is 13.2. The summed E-state index contributed by atoms with van der Waals surface area (Å²) in [6.45, 7) is 6.62. The van der Waals surface area contributed by atoms with Crippen molar-refractivity contribution in [1.29, 1.82) is 0 Å². The van der Waals surface area contributed by atoms with Crippen LogP contribution in [0.3, 0.4) is 0 Å². The number of aromatic nitrogens is 1. The molecule has 3 nitrogen and oxygen atoms in total. The van der Waals surface area contributed by atoms with Gasteiger partial charge in [0.1, 0.15) is 0 Å². The number of halogens is 1. The first kappa shape index (κ1) is 16.0. The molecule has 112 valence electrons. The summed E-state index contributed by atoms with van der Waals surface area (Å²) in [5.41, 5.74) is 6.27. The first-order valence-corrected chi connectivity index (χ1v) is 7.45. The van der Waals surface area contributed by atoms with E-state index in [1.54, 1.807) is 6.20 Å². The van der Waals surface area contributed by atoms with E-state index in [2.05, 4.69) is 55.4 Å². The van der Waals surface area contributed by atoms with Gasteiger partial charge in [0.25, 0.3) is 0 Å². The number of hydrogen-bond acceptors (Lipinski definition) is 3. The average molecular weight is 304 g/mol. The topological polar surface area (TPSA) is 50.9 Å². The van der Waals surface area contributed by atoms with Gasteiger partial charge < -0.3 is 0 Å². The Morgan fingerprint density at radius 3 is 2.38 bits per heavy atom. The lowest BCUT2D eigenvalue weighted by Gasteiger charge is -2.20. The Labute approximate surface area is 131 Å². The summed E-state index contributed by atoms with van der Waals surface area (Å²) >= 11 is 6.19. The summed E-state index contributed by atoms with van der Waals surface area (Å²) in [7, 11) is 0. The highest BCUT2D eigenvalue weighted by Gasteiger charge is 2.17. The fraction of sp³-hybridized carbons (Fsp3) is 0.353. The number of pyridine rings is 1. The van der Waals surface area contributed by atoms with Crippen LogP contribution in [0.15, 0.2) is 42.6 Å². The Morgan fingerprint density at radius 2 is 1.86 bits per heavy atom. The molecule has 1 atom stereocenters. The summed E-state index contributed by atoms with van der Waals surface area (Å²) in [5, 5.41) is 0.631. The Morgan fingerprint density at radius 1 is 1.19 bits per heavy atom. The van der Waals surface area contributed by atoms with Crippen LogP contribution in [-0.4, -0.2) is 4.98 Å². The maximum absolute atomic E-state index is 6.19. The third-order valence-corrected chi connectivity index (χ3v) is 3.90. The Bertz CT molecular complexity index is 588. The van der Waals surface area contributed by atoms with Crippen molar-refractivity contribution in [3.63, 3.8) is 0 Å². The first-order chi connectivity index (χ1) is 9.91. The number of hydrogen-bond donors (Lipinski definition) is 2. The predicted molar refractivity (Wildman–Crippen MR) is 88.2 cm³/mol. The number of rotatable bonds is 4. The van der Waals surface area contributed by atoms with Gasteiger partial charge in [-0.1, -0.05) is 56.6 Å². The molecule has 21 heavy (non-hydrogen) atoms. The second-order valence-corrected chi connectivity index (χ2v) is 6.65. The number of benzene rings is 1. The van der Waals surface area contributed by atoms with Gasteiger partial charge in [0, 0.05) is 6.20 Å². The van der Waals surface area contributed by atoms with E-state index in [1.165, 1.54) is 11.1 Å². The molecule has 0 saturated heterocycles. The molecule has 2 aromatic rings. The fourth-order valence-electron chi connectivity index (χ4n) is 2.27. The third kappa shape index (κ3) is 4.03. The number of nitrogens with zero attached hydrogens (tertiary/aromatic N) is 1. The van der Waals surface area contributed by atoms with E-state index in [0.29, 0.717) is 5.02 Å². The van der Waals surface area contributed by atoms with Gasteiger partial charge in [0.2, 0.25) is 0 Å². The van der Waals surface area contributed by atoms with Gasteiger partial charge in [-0.05, 0) is 35.1 Å². The minimum atomic E-state index is -0.0980. The van der Waals surface area contributed by atoms with Crippen LogP contribution < -0.4 is 11.3 Å².